The van der Waals surface area contributed by atoms with Crippen molar-refractivity contribution in [2.24, 2.45) is 0 Å². The second-order valence-corrected chi connectivity index (χ2v) is 6.53. The van der Waals surface area contributed by atoms with Crippen molar-refractivity contribution >= 4 is 33.4 Å². The Hall–Kier alpha value is -1.44. The first-order valence-corrected chi connectivity index (χ1v) is 8.35. The molecule has 1 N–H and O–H groups in total. The fourth-order valence-corrected chi connectivity index (χ4v) is 2.61. The maximum absolute atomic E-state index is 12.1. The molecule has 0 aromatic heterocycles. The van der Waals surface area contributed by atoms with E-state index >= 15 is 0 Å². The van der Waals surface area contributed by atoms with Gasteiger partial charge in [-0.15, -0.1) is 0 Å². The molecule has 0 aliphatic carbocycles. The van der Waals surface area contributed by atoms with Crippen molar-refractivity contribution in [3.63, 3.8) is 0 Å². The number of ether oxygens (including phenoxy) is 1. The first-order chi connectivity index (χ1) is 11.0. The van der Waals surface area contributed by atoms with Gasteiger partial charge in [0.2, 0.25) is 11.8 Å². The van der Waals surface area contributed by atoms with Gasteiger partial charge in [-0.25, -0.2) is 0 Å². The van der Waals surface area contributed by atoms with Gasteiger partial charge >= 0.3 is 0 Å². The summed E-state index contributed by atoms with van der Waals surface area (Å²) in [5.41, 5.74) is 1.81. The number of amides is 2. The molecule has 2 amide bonds. The minimum atomic E-state index is -0.135. The lowest BCUT2D eigenvalue weighted by Crippen LogP contribution is -2.46. The number of benzene rings is 1. The zero-order valence-corrected chi connectivity index (χ0v) is 15.1. The number of hydrogen-bond acceptors (Lipinski definition) is 4. The summed E-state index contributed by atoms with van der Waals surface area (Å²) in [5.74, 6) is -0.105. The van der Waals surface area contributed by atoms with Gasteiger partial charge in [-0.2, -0.15) is 0 Å². The van der Waals surface area contributed by atoms with E-state index in [2.05, 4.69) is 21.2 Å². The van der Waals surface area contributed by atoms with Crippen molar-refractivity contribution in [1.82, 2.24) is 9.80 Å². The Bertz CT molecular complexity index is 574. The van der Waals surface area contributed by atoms with E-state index in [1.54, 1.807) is 16.8 Å². The third-order valence-corrected chi connectivity index (χ3v) is 4.51. The van der Waals surface area contributed by atoms with Crippen molar-refractivity contribution in [3.05, 3.63) is 28.2 Å². The summed E-state index contributed by atoms with van der Waals surface area (Å²) < 4.78 is 6.23. The van der Waals surface area contributed by atoms with Crippen molar-refractivity contribution in [3.8, 4) is 0 Å². The smallest absolute Gasteiger partial charge is 0.238 e. The van der Waals surface area contributed by atoms with Crippen LogP contribution in [0.25, 0.3) is 0 Å². The van der Waals surface area contributed by atoms with Gasteiger partial charge < -0.3 is 15.0 Å². The minimum Gasteiger partial charge on any atom is -0.378 e. The third-order valence-electron chi connectivity index (χ3n) is 3.62. The molecule has 1 aromatic carbocycles. The molecule has 1 heterocycles. The number of hydrogen-bond donors (Lipinski definition) is 1. The number of nitrogens with zero attached hydrogens (tertiary/aromatic N) is 2. The maximum Gasteiger partial charge on any atom is 0.238 e. The van der Waals surface area contributed by atoms with E-state index in [0.717, 1.165) is 15.7 Å². The van der Waals surface area contributed by atoms with Crippen LogP contribution in [0.3, 0.4) is 0 Å². The fraction of sp³-hybridized carbons (Fsp3) is 0.500. The number of rotatable bonds is 5. The van der Waals surface area contributed by atoms with Gasteiger partial charge in [-0.05, 0) is 37.7 Å². The number of anilines is 1. The van der Waals surface area contributed by atoms with Crippen LogP contribution in [0.2, 0.25) is 0 Å². The molecule has 1 aliphatic heterocycles. The molecule has 0 unspecified atom stereocenters. The molecule has 6 nitrogen and oxygen atoms in total. The Kier molecular flexibility index (Phi) is 6.56. The van der Waals surface area contributed by atoms with Crippen molar-refractivity contribution < 1.29 is 14.3 Å². The van der Waals surface area contributed by atoms with E-state index in [9.17, 15) is 9.59 Å². The zero-order chi connectivity index (χ0) is 16.8. The molecule has 1 aromatic rings. The second-order valence-electron chi connectivity index (χ2n) is 5.68. The first-order valence-electron chi connectivity index (χ1n) is 7.56. The third kappa shape index (κ3) is 5.60. The highest BCUT2D eigenvalue weighted by atomic mass is 79.9. The minimum absolute atomic E-state index is 0.0306. The van der Waals surface area contributed by atoms with Crippen LogP contribution in [0.5, 0.6) is 0 Å². The molecule has 0 spiro atoms. The average molecular weight is 384 g/mol. The monoisotopic (exact) mass is 383 g/mol. The summed E-state index contributed by atoms with van der Waals surface area (Å²) in [6, 6.07) is 5.64. The Morgan fingerprint density at radius 1 is 1.30 bits per heavy atom. The number of likely N-dealkylation sites (N-methyl/N-ethyl adjacent to an activating group) is 1. The summed E-state index contributed by atoms with van der Waals surface area (Å²) in [5, 5.41) is 2.85. The molecule has 0 saturated carbocycles. The SMILES string of the molecule is Cc1cc(NC(=O)CN(C)CC(=O)N2CCOCC2)ccc1Br. The molecule has 0 radical (unpaired) electrons. The van der Waals surface area contributed by atoms with Gasteiger partial charge in [0.05, 0.1) is 26.3 Å². The standard InChI is InChI=1S/C16H22BrN3O3/c1-12-9-13(3-4-14(12)17)18-15(21)10-19(2)11-16(22)20-5-7-23-8-6-20/h3-4,9H,5-8,10-11H2,1-2H3,(H,18,21). The van der Waals surface area contributed by atoms with Crippen molar-refractivity contribution in [2.75, 3.05) is 51.8 Å². The van der Waals surface area contributed by atoms with Crippen LogP contribution >= 0.6 is 15.9 Å². The number of morpholine rings is 1. The summed E-state index contributed by atoms with van der Waals surface area (Å²) in [6.45, 7) is 4.77. The maximum atomic E-state index is 12.1. The van der Waals surface area contributed by atoms with Crippen LogP contribution in [-0.4, -0.2) is 68.1 Å². The van der Waals surface area contributed by atoms with Crippen molar-refractivity contribution in [2.45, 2.75) is 6.92 Å². The Morgan fingerprint density at radius 2 is 2.00 bits per heavy atom. The van der Waals surface area contributed by atoms with Gasteiger partial charge in [-0.3, -0.25) is 14.5 Å². The fourth-order valence-electron chi connectivity index (χ4n) is 2.37. The summed E-state index contributed by atoms with van der Waals surface area (Å²) in [7, 11) is 1.77. The summed E-state index contributed by atoms with van der Waals surface area (Å²) >= 11 is 3.43. The number of halogens is 1. The molecule has 2 rings (SSSR count). The molecule has 1 aliphatic rings. The highest BCUT2D eigenvalue weighted by Crippen LogP contribution is 2.19. The van der Waals surface area contributed by atoms with E-state index in [1.165, 1.54) is 0 Å². The average Bonchev–Trinajstić information content (AvgIpc) is 2.51. The Labute approximate surface area is 144 Å². The first kappa shape index (κ1) is 17.9. The van der Waals surface area contributed by atoms with Crippen LogP contribution in [-0.2, 0) is 14.3 Å². The molecule has 1 saturated heterocycles. The van der Waals surface area contributed by atoms with E-state index in [-0.39, 0.29) is 24.9 Å². The van der Waals surface area contributed by atoms with Crippen molar-refractivity contribution in [1.29, 1.82) is 0 Å². The molecule has 7 heteroatoms. The number of aryl methyl sites for hydroxylation is 1. The predicted octanol–water partition coefficient (Wildman–Crippen LogP) is 1.49. The molecular weight excluding hydrogens is 362 g/mol. The highest BCUT2D eigenvalue weighted by molar-refractivity contribution is 9.10. The van der Waals surface area contributed by atoms with Gasteiger partial charge in [0, 0.05) is 23.2 Å². The zero-order valence-electron chi connectivity index (χ0n) is 13.5. The lowest BCUT2D eigenvalue weighted by molar-refractivity contribution is -0.136. The lowest BCUT2D eigenvalue weighted by atomic mass is 10.2. The Morgan fingerprint density at radius 3 is 2.65 bits per heavy atom. The van der Waals surface area contributed by atoms with E-state index in [0.29, 0.717) is 26.3 Å². The molecular formula is C16H22BrN3O3. The highest BCUT2D eigenvalue weighted by Gasteiger charge is 2.19. The molecule has 1 fully saturated rings. The summed E-state index contributed by atoms with van der Waals surface area (Å²) in [6.07, 6.45) is 0. The van der Waals surface area contributed by atoms with Crippen LogP contribution in [0.15, 0.2) is 22.7 Å². The second kappa shape index (κ2) is 8.42. The van der Waals surface area contributed by atoms with Gasteiger partial charge in [0.1, 0.15) is 0 Å². The lowest BCUT2D eigenvalue weighted by Gasteiger charge is -2.28. The largest absolute Gasteiger partial charge is 0.378 e. The van der Waals surface area contributed by atoms with Crippen LogP contribution in [0.4, 0.5) is 5.69 Å². The number of carbonyl (C=O) groups is 2. The van der Waals surface area contributed by atoms with E-state index in [4.69, 9.17) is 4.74 Å². The van der Waals surface area contributed by atoms with Crippen LogP contribution in [0, 0.1) is 6.92 Å². The Balaban J connectivity index is 1.79. The van der Waals surface area contributed by atoms with Gasteiger partial charge in [-0.1, -0.05) is 15.9 Å². The predicted molar refractivity (Wildman–Crippen MR) is 92.4 cm³/mol. The normalized spacial score (nSPS) is 14.9. The molecule has 0 atom stereocenters. The molecule has 126 valence electrons. The molecule has 23 heavy (non-hydrogen) atoms. The van der Waals surface area contributed by atoms with Crippen LogP contribution < -0.4 is 5.32 Å². The quantitative estimate of drug-likeness (QED) is 0.836. The van der Waals surface area contributed by atoms with E-state index in [1.807, 2.05) is 25.1 Å². The number of nitrogens with one attached hydrogen (secondary N) is 1. The molecule has 0 bridgehead atoms. The van der Waals surface area contributed by atoms with Gasteiger partial charge in [0.15, 0.2) is 0 Å². The topological polar surface area (TPSA) is 61.9 Å². The van der Waals surface area contributed by atoms with Gasteiger partial charge in [0.25, 0.3) is 0 Å². The van der Waals surface area contributed by atoms with E-state index < -0.39 is 0 Å². The van der Waals surface area contributed by atoms with Crippen LogP contribution in [0.1, 0.15) is 5.56 Å². The summed E-state index contributed by atoms with van der Waals surface area (Å²) in [4.78, 5) is 27.7. The number of carbonyl (C=O) groups excluding carboxylic acids is 2.